The summed E-state index contributed by atoms with van der Waals surface area (Å²) in [5.41, 5.74) is 0.794. The van der Waals surface area contributed by atoms with Crippen molar-refractivity contribution in [3.8, 4) is 0 Å². The minimum Gasteiger partial charge on any atom is -0.481 e. The van der Waals surface area contributed by atoms with Crippen LogP contribution >= 0.6 is 0 Å². The predicted molar refractivity (Wildman–Crippen MR) is 54.7 cm³/mol. The highest BCUT2D eigenvalue weighted by atomic mass is 16.4. The number of likely N-dealkylation sites (N-methyl/N-ethyl adjacent to an activating group) is 1. The first kappa shape index (κ1) is 10.2. The van der Waals surface area contributed by atoms with Crippen LogP contribution in [0.25, 0.3) is 0 Å². The molecule has 0 saturated carbocycles. The second-order valence-electron chi connectivity index (χ2n) is 4.07. The van der Waals surface area contributed by atoms with Crippen LogP contribution in [0.1, 0.15) is 18.2 Å². The number of carbonyl (C=O) groups is 1. The molecule has 0 radical (unpaired) electrons. The van der Waals surface area contributed by atoms with Gasteiger partial charge in [0.2, 0.25) is 0 Å². The smallest absolute Gasteiger partial charge is 0.309 e. The number of aromatic nitrogens is 2. The molecule has 82 valence electrons. The molecule has 0 aromatic carbocycles. The monoisotopic (exact) mass is 209 g/mol. The predicted octanol–water partition coefficient (Wildman–Crippen LogP) is 0.387. The van der Waals surface area contributed by atoms with E-state index in [1.54, 1.807) is 12.5 Å². The minimum atomic E-state index is -0.803. The number of hydrogen-bond acceptors (Lipinski definition) is 3. The topological polar surface area (TPSA) is 58.4 Å². The van der Waals surface area contributed by atoms with Gasteiger partial charge in [0.05, 0.1) is 12.7 Å². The lowest BCUT2D eigenvalue weighted by atomic mass is 10.2. The molecule has 0 aliphatic carbocycles. The lowest BCUT2D eigenvalue weighted by Gasteiger charge is -2.14. The Morgan fingerprint density at radius 3 is 3.13 bits per heavy atom. The van der Waals surface area contributed by atoms with Gasteiger partial charge in [-0.2, -0.15) is 0 Å². The van der Waals surface area contributed by atoms with Crippen LogP contribution in [-0.2, 0) is 11.2 Å². The van der Waals surface area contributed by atoms with Gasteiger partial charge in [-0.05, 0) is 20.0 Å². The fourth-order valence-electron chi connectivity index (χ4n) is 2.09. The Labute approximate surface area is 88.3 Å². The molecule has 5 heteroatoms. The van der Waals surface area contributed by atoms with E-state index < -0.39 is 5.97 Å². The van der Waals surface area contributed by atoms with E-state index in [4.69, 9.17) is 5.11 Å². The summed E-state index contributed by atoms with van der Waals surface area (Å²) in [6.45, 7) is 2.04. The van der Waals surface area contributed by atoms with Crippen LogP contribution in [-0.4, -0.2) is 45.7 Å². The normalized spacial score (nSPS) is 22.1. The number of nitrogens with zero attached hydrogens (tertiary/aromatic N) is 3. The summed E-state index contributed by atoms with van der Waals surface area (Å²) in [4.78, 5) is 16.9. The minimum absolute atomic E-state index is 0.0558. The standard InChI is InChI=1S/C10H15N3O2/c1-12-3-2-8(6-12)13-7-11-5-9(13)4-10(14)15/h5,7-8H,2-4,6H2,1H3,(H,14,15). The number of aliphatic carboxylic acids is 1. The molecule has 5 nitrogen and oxygen atoms in total. The maximum atomic E-state index is 10.6. The first-order chi connectivity index (χ1) is 7.16. The second kappa shape index (κ2) is 4.02. The van der Waals surface area contributed by atoms with Crippen molar-refractivity contribution in [1.82, 2.24) is 14.5 Å². The van der Waals surface area contributed by atoms with Gasteiger partial charge in [0.15, 0.2) is 0 Å². The number of hydrogen-bond donors (Lipinski definition) is 1. The van der Waals surface area contributed by atoms with Crippen molar-refractivity contribution in [2.24, 2.45) is 0 Å². The number of carboxylic acid groups (broad SMARTS) is 1. The zero-order chi connectivity index (χ0) is 10.8. The van der Waals surface area contributed by atoms with E-state index in [2.05, 4.69) is 16.9 Å². The quantitative estimate of drug-likeness (QED) is 0.782. The van der Waals surface area contributed by atoms with E-state index in [0.717, 1.165) is 25.2 Å². The molecule has 1 fully saturated rings. The molecular formula is C10H15N3O2. The Kier molecular flexibility index (Phi) is 2.73. The van der Waals surface area contributed by atoms with Crippen molar-refractivity contribution in [2.45, 2.75) is 18.9 Å². The average molecular weight is 209 g/mol. The number of rotatable bonds is 3. The first-order valence-electron chi connectivity index (χ1n) is 5.08. The zero-order valence-corrected chi connectivity index (χ0v) is 8.76. The Morgan fingerprint density at radius 1 is 1.73 bits per heavy atom. The second-order valence-corrected chi connectivity index (χ2v) is 4.07. The molecule has 1 unspecified atom stereocenters. The molecule has 2 heterocycles. The highest BCUT2D eigenvalue weighted by Gasteiger charge is 2.22. The van der Waals surface area contributed by atoms with Crippen LogP contribution in [0.5, 0.6) is 0 Å². The summed E-state index contributed by atoms with van der Waals surface area (Å²) >= 11 is 0. The summed E-state index contributed by atoms with van der Waals surface area (Å²) in [6.07, 6.45) is 4.51. The molecule has 0 amide bonds. The van der Waals surface area contributed by atoms with Gasteiger partial charge in [0.1, 0.15) is 0 Å². The van der Waals surface area contributed by atoms with Gasteiger partial charge in [-0.15, -0.1) is 0 Å². The van der Waals surface area contributed by atoms with E-state index in [-0.39, 0.29) is 6.42 Å². The first-order valence-corrected chi connectivity index (χ1v) is 5.08. The third kappa shape index (κ3) is 2.18. The third-order valence-corrected chi connectivity index (χ3v) is 2.84. The largest absolute Gasteiger partial charge is 0.481 e. The van der Waals surface area contributed by atoms with Crippen molar-refractivity contribution >= 4 is 5.97 Å². The summed E-state index contributed by atoms with van der Waals surface area (Å²) < 4.78 is 2.00. The van der Waals surface area contributed by atoms with Gasteiger partial charge in [-0.25, -0.2) is 4.98 Å². The van der Waals surface area contributed by atoms with Gasteiger partial charge in [0, 0.05) is 24.5 Å². The van der Waals surface area contributed by atoms with Crippen LogP contribution in [0.3, 0.4) is 0 Å². The molecule has 1 aliphatic rings. The van der Waals surface area contributed by atoms with Gasteiger partial charge in [0.25, 0.3) is 0 Å². The Hall–Kier alpha value is -1.36. The molecule has 1 N–H and O–H groups in total. The summed E-state index contributed by atoms with van der Waals surface area (Å²) in [7, 11) is 2.08. The summed E-state index contributed by atoms with van der Waals surface area (Å²) in [5.74, 6) is -0.803. The summed E-state index contributed by atoms with van der Waals surface area (Å²) in [6, 6.07) is 0.381. The Bertz CT molecular complexity index is 361. The van der Waals surface area contributed by atoms with Crippen molar-refractivity contribution in [3.63, 3.8) is 0 Å². The van der Waals surface area contributed by atoms with E-state index in [9.17, 15) is 4.79 Å². The summed E-state index contributed by atoms with van der Waals surface area (Å²) in [5, 5.41) is 8.75. The lowest BCUT2D eigenvalue weighted by molar-refractivity contribution is -0.136. The molecule has 1 aromatic heterocycles. The SMILES string of the molecule is CN1CCC(n2cncc2CC(=O)O)C1. The molecule has 15 heavy (non-hydrogen) atoms. The van der Waals surface area contributed by atoms with Gasteiger partial charge < -0.3 is 14.6 Å². The van der Waals surface area contributed by atoms with Gasteiger partial charge in [-0.1, -0.05) is 0 Å². The Balaban J connectivity index is 2.14. The Morgan fingerprint density at radius 2 is 2.53 bits per heavy atom. The maximum absolute atomic E-state index is 10.6. The van der Waals surface area contributed by atoms with Crippen molar-refractivity contribution < 1.29 is 9.90 Å². The van der Waals surface area contributed by atoms with Crippen LogP contribution < -0.4 is 0 Å². The van der Waals surface area contributed by atoms with Crippen LogP contribution in [0.2, 0.25) is 0 Å². The van der Waals surface area contributed by atoms with Crippen molar-refractivity contribution in [3.05, 3.63) is 18.2 Å². The van der Waals surface area contributed by atoms with Crippen LogP contribution in [0, 0.1) is 0 Å². The number of likely N-dealkylation sites (tertiary alicyclic amines) is 1. The van der Waals surface area contributed by atoms with Crippen molar-refractivity contribution in [2.75, 3.05) is 20.1 Å². The molecular weight excluding hydrogens is 194 g/mol. The average Bonchev–Trinajstić information content (AvgIpc) is 2.72. The molecule has 0 spiro atoms. The molecule has 2 rings (SSSR count). The fourth-order valence-corrected chi connectivity index (χ4v) is 2.09. The highest BCUT2D eigenvalue weighted by Crippen LogP contribution is 2.21. The zero-order valence-electron chi connectivity index (χ0n) is 8.76. The van der Waals surface area contributed by atoms with E-state index in [0.29, 0.717) is 6.04 Å². The number of imidazole rings is 1. The highest BCUT2D eigenvalue weighted by molar-refractivity contribution is 5.69. The van der Waals surface area contributed by atoms with Gasteiger partial charge in [-0.3, -0.25) is 4.79 Å². The molecule has 1 saturated heterocycles. The molecule has 1 aliphatic heterocycles. The maximum Gasteiger partial charge on any atom is 0.309 e. The van der Waals surface area contributed by atoms with E-state index in [1.165, 1.54) is 0 Å². The number of carboxylic acids is 1. The van der Waals surface area contributed by atoms with E-state index in [1.807, 2.05) is 4.57 Å². The van der Waals surface area contributed by atoms with Crippen molar-refractivity contribution in [1.29, 1.82) is 0 Å². The lowest BCUT2D eigenvalue weighted by Crippen LogP contribution is -2.18. The van der Waals surface area contributed by atoms with Crippen LogP contribution in [0.4, 0.5) is 0 Å². The molecule has 1 atom stereocenters. The van der Waals surface area contributed by atoms with Gasteiger partial charge >= 0.3 is 5.97 Å². The molecule has 0 bridgehead atoms. The third-order valence-electron chi connectivity index (χ3n) is 2.84. The van der Waals surface area contributed by atoms with Crippen LogP contribution in [0.15, 0.2) is 12.5 Å². The molecule has 1 aromatic rings. The fraction of sp³-hybridized carbons (Fsp3) is 0.600. The van der Waals surface area contributed by atoms with E-state index >= 15 is 0 Å².